The van der Waals surface area contributed by atoms with Crippen LogP contribution in [0.3, 0.4) is 0 Å². The molecule has 0 aromatic carbocycles. The molecule has 1 saturated carbocycles. The fourth-order valence-electron chi connectivity index (χ4n) is 5.18. The number of hydrogen-bond acceptors (Lipinski definition) is 6. The predicted octanol–water partition coefficient (Wildman–Crippen LogP) is 4.94. The first-order valence-corrected chi connectivity index (χ1v) is 12.1. The average molecular weight is 442 g/mol. The summed E-state index contributed by atoms with van der Waals surface area (Å²) in [5.41, 5.74) is 5.24. The van der Waals surface area contributed by atoms with Crippen LogP contribution >= 0.6 is 0 Å². The highest BCUT2D eigenvalue weighted by atomic mass is 15.1. The molecule has 1 aliphatic carbocycles. The zero-order valence-corrected chi connectivity index (χ0v) is 19.6. The lowest BCUT2D eigenvalue weighted by molar-refractivity contribution is 0.302. The molecule has 1 atom stereocenters. The summed E-state index contributed by atoms with van der Waals surface area (Å²) in [5.74, 6) is 2.23. The molecule has 3 N–H and O–H groups in total. The van der Waals surface area contributed by atoms with Crippen molar-refractivity contribution >= 4 is 27.8 Å². The van der Waals surface area contributed by atoms with Gasteiger partial charge in [0.25, 0.3) is 0 Å². The van der Waals surface area contributed by atoms with E-state index in [0.717, 1.165) is 70.8 Å². The molecule has 0 amide bonds. The molecule has 5 heterocycles. The van der Waals surface area contributed by atoms with Crippen molar-refractivity contribution in [1.82, 2.24) is 30.2 Å². The summed E-state index contributed by atoms with van der Waals surface area (Å²) in [6.45, 7) is 8.78. The van der Waals surface area contributed by atoms with Crippen LogP contribution in [0.15, 0.2) is 30.7 Å². The Hall–Kier alpha value is -3.06. The van der Waals surface area contributed by atoms with Gasteiger partial charge in [-0.1, -0.05) is 13.8 Å². The number of hydrogen-bond donors (Lipinski definition) is 3. The molecule has 33 heavy (non-hydrogen) atoms. The highest BCUT2D eigenvalue weighted by Crippen LogP contribution is 2.45. The molecule has 0 bridgehead atoms. The van der Waals surface area contributed by atoms with E-state index in [2.05, 4.69) is 45.5 Å². The number of nitrogens with zero attached hydrogens (tertiary/aromatic N) is 4. The molecule has 4 aromatic heterocycles. The lowest BCUT2D eigenvalue weighted by Crippen LogP contribution is -2.41. The maximum Gasteiger partial charge on any atom is 0.163 e. The second kappa shape index (κ2) is 7.76. The van der Waals surface area contributed by atoms with Crippen LogP contribution in [0.25, 0.3) is 33.3 Å². The number of aromatic nitrogens is 5. The topological polar surface area (TPSA) is 91.4 Å². The fraction of sp³-hybridized carbons (Fsp3) is 0.462. The van der Waals surface area contributed by atoms with E-state index in [-0.39, 0.29) is 5.41 Å². The van der Waals surface area contributed by atoms with Gasteiger partial charge < -0.3 is 15.6 Å². The first-order valence-electron chi connectivity index (χ1n) is 12.1. The van der Waals surface area contributed by atoms with E-state index in [4.69, 9.17) is 9.97 Å². The van der Waals surface area contributed by atoms with Crippen molar-refractivity contribution in [2.45, 2.75) is 58.4 Å². The number of fused-ring (bicyclic) bond motifs is 2. The van der Waals surface area contributed by atoms with Gasteiger partial charge in [0.15, 0.2) is 5.82 Å². The van der Waals surface area contributed by atoms with Crippen LogP contribution in [0.5, 0.6) is 0 Å². The second-order valence-corrected chi connectivity index (χ2v) is 10.4. The molecule has 7 heteroatoms. The first-order chi connectivity index (χ1) is 16.0. The first kappa shape index (κ1) is 20.5. The van der Waals surface area contributed by atoms with Crippen LogP contribution in [0, 0.1) is 12.3 Å². The minimum atomic E-state index is 0.113. The zero-order chi connectivity index (χ0) is 22.6. The van der Waals surface area contributed by atoms with E-state index in [1.54, 1.807) is 0 Å². The van der Waals surface area contributed by atoms with E-state index in [9.17, 15) is 0 Å². The molecule has 1 unspecified atom stereocenters. The van der Waals surface area contributed by atoms with Gasteiger partial charge in [0.2, 0.25) is 0 Å². The van der Waals surface area contributed by atoms with Crippen molar-refractivity contribution in [3.8, 4) is 11.4 Å². The normalized spacial score (nSPS) is 20.8. The Bertz CT molecular complexity index is 1340. The van der Waals surface area contributed by atoms with Crippen LogP contribution in [0.1, 0.15) is 56.7 Å². The summed E-state index contributed by atoms with van der Waals surface area (Å²) >= 11 is 0. The molecule has 6 rings (SSSR count). The molecule has 1 saturated heterocycles. The van der Waals surface area contributed by atoms with Crippen molar-refractivity contribution in [3.63, 3.8) is 0 Å². The molecule has 2 aliphatic rings. The fourth-order valence-corrected chi connectivity index (χ4v) is 5.18. The van der Waals surface area contributed by atoms with Gasteiger partial charge in [0, 0.05) is 47.0 Å². The third-order valence-electron chi connectivity index (χ3n) is 7.24. The molecule has 7 nitrogen and oxygen atoms in total. The number of anilines is 1. The minimum absolute atomic E-state index is 0.113. The van der Waals surface area contributed by atoms with E-state index < -0.39 is 0 Å². The monoisotopic (exact) mass is 441 g/mol. The van der Waals surface area contributed by atoms with Gasteiger partial charge in [-0.3, -0.25) is 4.98 Å². The van der Waals surface area contributed by atoms with Crippen LogP contribution in [-0.4, -0.2) is 44.1 Å². The molecule has 4 aromatic rings. The van der Waals surface area contributed by atoms with Crippen LogP contribution < -0.4 is 10.6 Å². The maximum absolute atomic E-state index is 5.18. The van der Waals surface area contributed by atoms with Gasteiger partial charge in [-0.05, 0) is 68.2 Å². The van der Waals surface area contributed by atoms with E-state index in [1.807, 2.05) is 31.6 Å². The lowest BCUT2D eigenvalue weighted by atomic mass is 9.82. The number of aromatic amines is 1. The van der Waals surface area contributed by atoms with Gasteiger partial charge in [0.1, 0.15) is 11.5 Å². The van der Waals surface area contributed by atoms with Crippen molar-refractivity contribution < 1.29 is 0 Å². The molecule has 2 fully saturated rings. The molecule has 0 spiro atoms. The van der Waals surface area contributed by atoms with E-state index >= 15 is 0 Å². The van der Waals surface area contributed by atoms with Gasteiger partial charge >= 0.3 is 0 Å². The minimum Gasteiger partial charge on any atom is -0.366 e. The lowest BCUT2D eigenvalue weighted by Gasteiger charge is -2.34. The van der Waals surface area contributed by atoms with Gasteiger partial charge in [0.05, 0.1) is 11.7 Å². The third kappa shape index (κ3) is 3.74. The summed E-state index contributed by atoms with van der Waals surface area (Å²) in [7, 11) is 0. The summed E-state index contributed by atoms with van der Waals surface area (Å²) in [5, 5.41) is 9.68. The molecule has 0 radical (unpaired) electrons. The zero-order valence-electron chi connectivity index (χ0n) is 19.6. The van der Waals surface area contributed by atoms with Crippen molar-refractivity contribution in [1.29, 1.82) is 0 Å². The van der Waals surface area contributed by atoms with Crippen LogP contribution in [0.2, 0.25) is 0 Å². The molecule has 1 aliphatic heterocycles. The summed E-state index contributed by atoms with van der Waals surface area (Å²) in [6, 6.07) is 4.46. The second-order valence-electron chi connectivity index (χ2n) is 10.4. The Morgan fingerprint density at radius 3 is 2.85 bits per heavy atom. The van der Waals surface area contributed by atoms with Crippen LogP contribution in [0.4, 0.5) is 5.82 Å². The molecular weight excluding hydrogens is 410 g/mol. The van der Waals surface area contributed by atoms with Crippen LogP contribution in [-0.2, 0) is 0 Å². The smallest absolute Gasteiger partial charge is 0.163 e. The number of aryl methyl sites for hydroxylation is 1. The molecular formula is C26H31N7. The largest absolute Gasteiger partial charge is 0.366 e. The van der Waals surface area contributed by atoms with Crippen molar-refractivity contribution in [2.75, 3.05) is 18.4 Å². The highest BCUT2D eigenvalue weighted by Gasteiger charge is 2.33. The number of rotatable bonds is 4. The van der Waals surface area contributed by atoms with Gasteiger partial charge in [-0.25, -0.2) is 15.0 Å². The van der Waals surface area contributed by atoms with Crippen molar-refractivity contribution in [3.05, 3.63) is 42.0 Å². The Kier molecular flexibility index (Phi) is 4.83. The summed E-state index contributed by atoms with van der Waals surface area (Å²) < 4.78 is 0. The van der Waals surface area contributed by atoms with E-state index in [1.165, 1.54) is 18.4 Å². The third-order valence-corrected chi connectivity index (χ3v) is 7.24. The highest BCUT2D eigenvalue weighted by molar-refractivity contribution is 5.97. The predicted molar refractivity (Wildman–Crippen MR) is 132 cm³/mol. The summed E-state index contributed by atoms with van der Waals surface area (Å²) in [6.07, 6.45) is 10.4. The van der Waals surface area contributed by atoms with Crippen molar-refractivity contribution in [2.24, 2.45) is 5.41 Å². The Labute approximate surface area is 193 Å². The Balaban J connectivity index is 1.54. The SMILES string of the molecule is Cc1cc2c(-c3nc(NC4CCCNCC4(C)C)c4c(C5CC5)cncc4n3)ccnc2[nH]1. The molecule has 170 valence electrons. The maximum atomic E-state index is 5.18. The number of pyridine rings is 2. The Morgan fingerprint density at radius 1 is 1.12 bits per heavy atom. The Morgan fingerprint density at radius 2 is 2.00 bits per heavy atom. The van der Waals surface area contributed by atoms with Gasteiger partial charge in [-0.2, -0.15) is 0 Å². The number of H-pyrrole nitrogens is 1. The van der Waals surface area contributed by atoms with E-state index in [0.29, 0.717) is 12.0 Å². The summed E-state index contributed by atoms with van der Waals surface area (Å²) in [4.78, 5) is 22.6. The number of nitrogens with one attached hydrogen (secondary N) is 3. The van der Waals surface area contributed by atoms with Gasteiger partial charge in [-0.15, -0.1) is 0 Å². The standard InChI is InChI=1S/C26H31N7/c1-15-11-18-17(8-10-29-23(18)30-15)24-31-20-13-28-12-19(16-6-7-16)22(20)25(33-24)32-21-5-4-9-27-14-26(21,2)3/h8,10-13,16,21,27H,4-7,9,14H2,1-3H3,(H,29,30)(H,31,32,33). The quantitative estimate of drug-likeness (QED) is 0.415. The average Bonchev–Trinajstić information content (AvgIpc) is 3.58.